The van der Waals surface area contributed by atoms with Gasteiger partial charge in [0.15, 0.2) is 12.1 Å². The number of aldehydes is 1. The van der Waals surface area contributed by atoms with Gasteiger partial charge in [-0.3, -0.25) is 9.78 Å². The maximum Gasteiger partial charge on any atom is 0.160 e. The van der Waals surface area contributed by atoms with Crippen LogP contribution in [-0.4, -0.2) is 11.3 Å². The molecular weight excluding hydrogens is 299 g/mol. The fraction of sp³-hybridized carbons (Fsp3) is 0. The molecule has 0 aliphatic carbocycles. The highest BCUT2D eigenvalue weighted by molar-refractivity contribution is 6.46. The van der Waals surface area contributed by atoms with E-state index in [4.69, 9.17) is 34.8 Å². The molecule has 0 unspecified atom stereocenters. The first-order valence-electron chi connectivity index (χ1n) is 4.79. The number of hydrogen-bond acceptors (Lipinski definition) is 2. The molecular formula is C12H5Cl3FNO. The lowest BCUT2D eigenvalue weighted by Crippen LogP contribution is -1.96. The Morgan fingerprint density at radius 3 is 2.44 bits per heavy atom. The number of rotatable bonds is 2. The summed E-state index contributed by atoms with van der Waals surface area (Å²) < 4.78 is 14.0. The third-order valence-electron chi connectivity index (χ3n) is 2.33. The van der Waals surface area contributed by atoms with Crippen molar-refractivity contribution in [1.82, 2.24) is 4.98 Å². The lowest BCUT2D eigenvalue weighted by Gasteiger charge is -2.09. The number of carbonyl (C=O) groups is 1. The lowest BCUT2D eigenvalue weighted by atomic mass is 10.1. The maximum atomic E-state index is 14.0. The van der Waals surface area contributed by atoms with Crippen LogP contribution in [0.4, 0.5) is 4.39 Å². The van der Waals surface area contributed by atoms with Gasteiger partial charge in [-0.05, 0) is 18.2 Å². The molecule has 0 saturated carbocycles. The smallest absolute Gasteiger partial charge is 0.160 e. The normalized spacial score (nSPS) is 10.4. The Morgan fingerprint density at radius 1 is 1.11 bits per heavy atom. The Kier molecular flexibility index (Phi) is 3.85. The Morgan fingerprint density at radius 2 is 1.78 bits per heavy atom. The molecule has 18 heavy (non-hydrogen) atoms. The Bertz CT molecular complexity index is 631. The van der Waals surface area contributed by atoms with Gasteiger partial charge in [-0.1, -0.05) is 34.8 Å². The zero-order valence-corrected chi connectivity index (χ0v) is 11.0. The Hall–Kier alpha value is -1.16. The van der Waals surface area contributed by atoms with Gasteiger partial charge in [-0.15, -0.1) is 0 Å². The number of aromatic nitrogens is 1. The van der Waals surface area contributed by atoms with E-state index in [1.807, 2.05) is 0 Å². The van der Waals surface area contributed by atoms with Crippen LogP contribution in [0.15, 0.2) is 24.4 Å². The zero-order chi connectivity index (χ0) is 13.3. The molecule has 2 nitrogen and oxygen atoms in total. The summed E-state index contributed by atoms with van der Waals surface area (Å²) in [6, 6.07) is 4.25. The maximum absolute atomic E-state index is 14.0. The van der Waals surface area contributed by atoms with Gasteiger partial charge in [-0.2, -0.15) is 0 Å². The molecule has 0 saturated heterocycles. The summed E-state index contributed by atoms with van der Waals surface area (Å²) in [5.74, 6) is -0.779. The number of halogens is 4. The van der Waals surface area contributed by atoms with Crippen molar-refractivity contribution >= 4 is 41.1 Å². The van der Waals surface area contributed by atoms with Gasteiger partial charge < -0.3 is 0 Å². The summed E-state index contributed by atoms with van der Waals surface area (Å²) in [6.45, 7) is 0. The minimum absolute atomic E-state index is 0.0959. The number of pyridine rings is 1. The third kappa shape index (κ3) is 2.21. The third-order valence-corrected chi connectivity index (χ3v) is 3.45. The van der Waals surface area contributed by atoms with E-state index in [0.717, 1.165) is 0 Å². The van der Waals surface area contributed by atoms with Crippen molar-refractivity contribution in [1.29, 1.82) is 0 Å². The first-order chi connectivity index (χ1) is 8.56. The van der Waals surface area contributed by atoms with Crippen LogP contribution < -0.4 is 0 Å². The largest absolute Gasteiger partial charge is 0.298 e. The van der Waals surface area contributed by atoms with Crippen LogP contribution in [0.5, 0.6) is 0 Å². The van der Waals surface area contributed by atoms with Gasteiger partial charge in [0.25, 0.3) is 0 Å². The van der Waals surface area contributed by atoms with Gasteiger partial charge in [0.05, 0.1) is 20.6 Å². The lowest BCUT2D eigenvalue weighted by molar-refractivity contribution is 0.111. The summed E-state index contributed by atoms with van der Waals surface area (Å²) >= 11 is 17.8. The molecule has 1 aromatic carbocycles. The Labute approximate surface area is 117 Å². The highest BCUT2D eigenvalue weighted by Crippen LogP contribution is 2.39. The van der Waals surface area contributed by atoms with Crippen LogP contribution >= 0.6 is 34.8 Å². The van der Waals surface area contributed by atoms with E-state index in [2.05, 4.69) is 4.98 Å². The fourth-order valence-electron chi connectivity index (χ4n) is 1.47. The number of hydrogen-bond donors (Lipinski definition) is 0. The molecule has 1 heterocycles. The van der Waals surface area contributed by atoms with Crippen LogP contribution in [0, 0.1) is 5.82 Å². The highest BCUT2D eigenvalue weighted by atomic mass is 35.5. The van der Waals surface area contributed by atoms with Crippen molar-refractivity contribution < 1.29 is 9.18 Å². The molecule has 2 rings (SSSR count). The second kappa shape index (κ2) is 5.22. The summed E-state index contributed by atoms with van der Waals surface area (Å²) in [5, 5.41) is 0.534. The molecule has 0 N–H and O–H groups in total. The van der Waals surface area contributed by atoms with Crippen molar-refractivity contribution in [3.05, 3.63) is 50.8 Å². The molecule has 0 spiro atoms. The average Bonchev–Trinajstić information content (AvgIpc) is 2.36. The van der Waals surface area contributed by atoms with Crippen molar-refractivity contribution in [2.24, 2.45) is 0 Å². The van der Waals surface area contributed by atoms with E-state index >= 15 is 0 Å². The first-order valence-corrected chi connectivity index (χ1v) is 5.93. The second-order valence-corrected chi connectivity index (χ2v) is 4.59. The van der Waals surface area contributed by atoms with Crippen molar-refractivity contribution in [2.45, 2.75) is 0 Å². The summed E-state index contributed by atoms with van der Waals surface area (Å²) in [6.07, 6.45) is 1.70. The highest BCUT2D eigenvalue weighted by Gasteiger charge is 2.18. The molecule has 0 aliphatic rings. The molecule has 0 amide bonds. The van der Waals surface area contributed by atoms with Gasteiger partial charge in [0, 0.05) is 11.8 Å². The molecule has 6 heteroatoms. The predicted molar refractivity (Wildman–Crippen MR) is 70.0 cm³/mol. The molecule has 0 radical (unpaired) electrons. The predicted octanol–water partition coefficient (Wildman–Crippen LogP) is 4.66. The quantitative estimate of drug-likeness (QED) is 0.596. The topological polar surface area (TPSA) is 30.0 Å². The van der Waals surface area contributed by atoms with E-state index in [1.165, 1.54) is 24.4 Å². The van der Waals surface area contributed by atoms with Gasteiger partial charge >= 0.3 is 0 Å². The summed E-state index contributed by atoms with van der Waals surface area (Å²) in [5.41, 5.74) is -0.0451. The van der Waals surface area contributed by atoms with Crippen molar-refractivity contribution in [2.75, 3.05) is 0 Å². The molecule has 92 valence electrons. The average molecular weight is 305 g/mol. The van der Waals surface area contributed by atoms with Crippen molar-refractivity contribution in [3.63, 3.8) is 0 Å². The molecule has 0 aliphatic heterocycles. The van der Waals surface area contributed by atoms with Crippen LogP contribution in [0.2, 0.25) is 15.1 Å². The Balaban J connectivity index is 2.77. The van der Waals surface area contributed by atoms with E-state index in [0.29, 0.717) is 6.29 Å². The molecule has 0 atom stereocenters. The van der Waals surface area contributed by atoms with E-state index < -0.39 is 5.82 Å². The molecule has 2 aromatic rings. The van der Waals surface area contributed by atoms with Gasteiger partial charge in [-0.25, -0.2) is 4.39 Å². The van der Waals surface area contributed by atoms with E-state index in [-0.39, 0.29) is 31.9 Å². The summed E-state index contributed by atoms with van der Waals surface area (Å²) in [7, 11) is 0. The second-order valence-electron chi connectivity index (χ2n) is 3.40. The van der Waals surface area contributed by atoms with Crippen molar-refractivity contribution in [3.8, 4) is 11.3 Å². The van der Waals surface area contributed by atoms with E-state index in [9.17, 15) is 9.18 Å². The van der Waals surface area contributed by atoms with Crippen LogP contribution in [-0.2, 0) is 0 Å². The minimum Gasteiger partial charge on any atom is -0.298 e. The molecule has 0 fully saturated rings. The molecule has 0 bridgehead atoms. The van der Waals surface area contributed by atoms with Gasteiger partial charge in [0.2, 0.25) is 0 Å². The van der Waals surface area contributed by atoms with Crippen LogP contribution in [0.1, 0.15) is 10.4 Å². The van der Waals surface area contributed by atoms with Crippen LogP contribution in [0.25, 0.3) is 11.3 Å². The fourth-order valence-corrected chi connectivity index (χ4v) is 2.18. The van der Waals surface area contributed by atoms with Crippen LogP contribution in [0.3, 0.4) is 0 Å². The summed E-state index contributed by atoms with van der Waals surface area (Å²) in [4.78, 5) is 14.5. The molecule has 1 aromatic heterocycles. The zero-order valence-electron chi connectivity index (χ0n) is 8.75. The SMILES string of the molecule is O=Cc1ccnc(-c2c(Cl)ccc(Cl)c2Cl)c1F. The van der Waals surface area contributed by atoms with E-state index in [1.54, 1.807) is 0 Å². The van der Waals surface area contributed by atoms with Gasteiger partial charge in [0.1, 0.15) is 5.69 Å². The number of carbonyl (C=O) groups excluding carboxylic acids is 1. The number of nitrogens with zero attached hydrogens (tertiary/aromatic N) is 1. The minimum atomic E-state index is -0.779. The standard InChI is InChI=1S/C12H5Cl3FNO/c13-7-1-2-8(14)10(15)9(7)12-11(16)6(5-18)3-4-17-12/h1-5H. The first kappa shape index (κ1) is 13.3. The number of benzene rings is 1. The monoisotopic (exact) mass is 303 g/mol.